The minimum Gasteiger partial charge on any atom is -0.335 e. The maximum absolute atomic E-state index is 2.73. The number of hydrogen-bond acceptors (Lipinski definition) is 2. The molecule has 3 heteroatoms. The quantitative estimate of drug-likeness (QED) is 0.155. The van der Waals surface area contributed by atoms with Crippen LogP contribution in [0.4, 0.5) is 28.4 Å². The minimum absolute atomic E-state index is 0.0717. The highest BCUT2D eigenvalue weighted by Gasteiger charge is 2.49. The number of rotatable bonds is 6. The van der Waals surface area contributed by atoms with Crippen LogP contribution in [-0.4, -0.2) is 12.8 Å². The number of hydrogen-bond donors (Lipinski definition) is 0. The normalized spacial score (nSPS) is 17.8. The van der Waals surface area contributed by atoms with Crippen molar-refractivity contribution in [3.63, 3.8) is 0 Å². The van der Waals surface area contributed by atoms with E-state index >= 15 is 0 Å². The van der Waals surface area contributed by atoms with Gasteiger partial charge >= 0.3 is 0 Å². The van der Waals surface area contributed by atoms with Crippen molar-refractivity contribution in [1.82, 2.24) is 0 Å². The third-order valence-electron chi connectivity index (χ3n) is 14.5. The highest BCUT2D eigenvalue weighted by atomic mass is 15.2. The van der Waals surface area contributed by atoms with Gasteiger partial charge < -0.3 is 9.80 Å². The van der Waals surface area contributed by atoms with Crippen LogP contribution in [0, 0.1) is 18.3 Å². The van der Waals surface area contributed by atoms with Gasteiger partial charge in [-0.05, 0) is 123 Å². The summed E-state index contributed by atoms with van der Waals surface area (Å²) in [5, 5.41) is 0. The SMILES string of the molecule is Cc1cc2c3c(c1)N(c1ccc(C(C)(C)c4ccccc4)cc1)C1CCC(C(C)(C)C)C=C1B3c1cc(C(C)(C)c3ccccc3)ccc1N2c1ccc(C(C)(C)C)cc1. The molecule has 0 saturated carbocycles. The fraction of sp³-hybridized carbons (Fsp3) is 0.333. The van der Waals surface area contributed by atoms with Gasteiger partial charge in [0.05, 0.1) is 0 Å². The van der Waals surface area contributed by atoms with Crippen LogP contribution in [0.15, 0.2) is 151 Å². The third-order valence-corrected chi connectivity index (χ3v) is 14.5. The van der Waals surface area contributed by atoms with E-state index in [1.807, 2.05) is 0 Å². The molecule has 2 heterocycles. The van der Waals surface area contributed by atoms with Crippen LogP contribution in [0.2, 0.25) is 0 Å². The van der Waals surface area contributed by atoms with E-state index in [0.717, 1.165) is 6.42 Å². The second kappa shape index (κ2) is 14.4. The number of nitrogens with zero attached hydrogens (tertiary/aromatic N) is 2. The Labute approximate surface area is 361 Å². The highest BCUT2D eigenvalue weighted by Crippen LogP contribution is 2.50. The number of allylic oxidation sites excluding steroid dienone is 1. The van der Waals surface area contributed by atoms with Crippen LogP contribution >= 0.6 is 0 Å². The predicted molar refractivity (Wildman–Crippen MR) is 259 cm³/mol. The first-order valence-electron chi connectivity index (χ1n) is 22.4. The van der Waals surface area contributed by atoms with Crippen molar-refractivity contribution < 1.29 is 0 Å². The molecule has 3 aliphatic rings. The largest absolute Gasteiger partial charge is 0.335 e. The summed E-state index contributed by atoms with van der Waals surface area (Å²) in [6.45, 7) is 26.1. The molecule has 0 fully saturated rings. The summed E-state index contributed by atoms with van der Waals surface area (Å²) in [7, 11) is 0. The van der Waals surface area contributed by atoms with Crippen molar-refractivity contribution in [2.75, 3.05) is 9.80 Å². The van der Waals surface area contributed by atoms with Gasteiger partial charge in [-0.25, -0.2) is 0 Å². The molecule has 2 aliphatic heterocycles. The zero-order valence-electron chi connectivity index (χ0n) is 37.9. The second-order valence-electron chi connectivity index (χ2n) is 21.2. The molecule has 0 radical (unpaired) electrons. The molecule has 0 saturated heterocycles. The molecule has 0 spiro atoms. The smallest absolute Gasteiger partial charge is 0.247 e. The molecule has 6 aromatic carbocycles. The van der Waals surface area contributed by atoms with Crippen LogP contribution in [0.25, 0.3) is 0 Å². The van der Waals surface area contributed by atoms with Gasteiger partial charge in [0.1, 0.15) is 0 Å². The Bertz CT molecular complexity index is 2570. The molecule has 0 aromatic heterocycles. The number of anilines is 5. The van der Waals surface area contributed by atoms with Gasteiger partial charge in [-0.3, -0.25) is 0 Å². The third kappa shape index (κ3) is 6.73. The van der Waals surface area contributed by atoms with Gasteiger partial charge in [0, 0.05) is 45.3 Å². The van der Waals surface area contributed by atoms with E-state index in [4.69, 9.17) is 0 Å². The molecule has 2 atom stereocenters. The number of fused-ring (bicyclic) bond motifs is 4. The molecule has 304 valence electrons. The van der Waals surface area contributed by atoms with Gasteiger partial charge in [-0.1, -0.05) is 178 Å². The van der Waals surface area contributed by atoms with Crippen molar-refractivity contribution in [1.29, 1.82) is 0 Å². The second-order valence-corrected chi connectivity index (χ2v) is 21.2. The molecular formula is C57H63BN2. The number of aryl methyl sites for hydroxylation is 1. The van der Waals surface area contributed by atoms with Gasteiger partial charge in [-0.2, -0.15) is 0 Å². The summed E-state index contributed by atoms with van der Waals surface area (Å²) < 4.78 is 0. The van der Waals surface area contributed by atoms with E-state index in [2.05, 4.69) is 232 Å². The van der Waals surface area contributed by atoms with Crippen LogP contribution in [0.5, 0.6) is 0 Å². The summed E-state index contributed by atoms with van der Waals surface area (Å²) in [5.41, 5.74) is 18.8. The van der Waals surface area contributed by atoms with Gasteiger partial charge in [-0.15, -0.1) is 0 Å². The van der Waals surface area contributed by atoms with Gasteiger partial charge in [0.2, 0.25) is 6.71 Å². The molecule has 2 unspecified atom stereocenters. The summed E-state index contributed by atoms with van der Waals surface area (Å²) in [4.78, 5) is 5.31. The van der Waals surface area contributed by atoms with Crippen molar-refractivity contribution >= 4 is 46.1 Å². The number of benzene rings is 6. The van der Waals surface area contributed by atoms with Crippen molar-refractivity contribution in [3.8, 4) is 0 Å². The first kappa shape index (κ1) is 40.1. The molecule has 60 heavy (non-hydrogen) atoms. The van der Waals surface area contributed by atoms with E-state index in [1.54, 1.807) is 5.47 Å². The zero-order valence-corrected chi connectivity index (χ0v) is 37.9. The summed E-state index contributed by atoms with van der Waals surface area (Å²) >= 11 is 0. The van der Waals surface area contributed by atoms with Crippen molar-refractivity contribution in [3.05, 3.63) is 184 Å². The van der Waals surface area contributed by atoms with E-state index in [0.29, 0.717) is 5.92 Å². The molecule has 6 aromatic rings. The Morgan fingerprint density at radius 2 is 1.02 bits per heavy atom. The van der Waals surface area contributed by atoms with E-state index in [1.165, 1.54) is 79.2 Å². The summed E-state index contributed by atoms with van der Waals surface area (Å²) in [5.74, 6) is 0.491. The molecule has 1 aliphatic carbocycles. The topological polar surface area (TPSA) is 6.48 Å². The Morgan fingerprint density at radius 3 is 1.60 bits per heavy atom. The van der Waals surface area contributed by atoms with Gasteiger partial charge in [0.15, 0.2) is 0 Å². The molecule has 0 amide bonds. The highest BCUT2D eigenvalue weighted by molar-refractivity contribution is 6.95. The molecular weight excluding hydrogens is 723 g/mol. The van der Waals surface area contributed by atoms with E-state index < -0.39 is 0 Å². The lowest BCUT2D eigenvalue weighted by molar-refractivity contribution is 0.261. The Kier molecular flexibility index (Phi) is 9.66. The standard InChI is InChI=1S/C57H63BN2/c1-38-34-51-53-52(35-38)60(46-30-24-42(25-31-46)56(8,9)40-18-14-12-15-19-40)49-32-26-43(55(5,6)7)36-47(49)58(53)48-37-44(57(10,11)41-20-16-13-17-21-41)27-33-50(48)59(51)45-28-22-39(23-29-45)54(2,3)4/h12-25,27-31,33-37,43,49H,26,32H2,1-11H3. The fourth-order valence-electron chi connectivity index (χ4n) is 10.6. The summed E-state index contributed by atoms with van der Waals surface area (Å²) in [6.07, 6.45) is 5.03. The first-order valence-corrected chi connectivity index (χ1v) is 22.4. The Morgan fingerprint density at radius 1 is 0.500 bits per heavy atom. The Hall–Kier alpha value is -5.28. The lowest BCUT2D eigenvalue weighted by Gasteiger charge is -2.51. The Balaban J connectivity index is 1.29. The molecule has 2 nitrogen and oxygen atoms in total. The fourth-order valence-corrected chi connectivity index (χ4v) is 10.6. The van der Waals surface area contributed by atoms with Crippen LogP contribution < -0.4 is 20.7 Å². The predicted octanol–water partition coefficient (Wildman–Crippen LogP) is 13.8. The molecule has 0 N–H and O–H groups in total. The van der Waals surface area contributed by atoms with Crippen molar-refractivity contribution in [2.24, 2.45) is 11.3 Å². The lowest BCUT2D eigenvalue weighted by Crippen LogP contribution is -2.61. The maximum Gasteiger partial charge on any atom is 0.247 e. The zero-order chi connectivity index (χ0) is 42.4. The van der Waals surface area contributed by atoms with E-state index in [-0.39, 0.29) is 34.4 Å². The lowest BCUT2D eigenvalue weighted by atomic mass is 9.30. The maximum atomic E-state index is 2.73. The molecule has 0 bridgehead atoms. The van der Waals surface area contributed by atoms with Crippen LogP contribution in [0.1, 0.15) is 115 Å². The van der Waals surface area contributed by atoms with Crippen LogP contribution in [0.3, 0.4) is 0 Å². The first-order chi connectivity index (χ1) is 28.4. The average molecular weight is 787 g/mol. The summed E-state index contributed by atoms with van der Waals surface area (Å²) in [6, 6.07) is 53.6. The van der Waals surface area contributed by atoms with E-state index in [9.17, 15) is 0 Å². The average Bonchev–Trinajstić information content (AvgIpc) is 3.23. The van der Waals surface area contributed by atoms with Gasteiger partial charge in [0.25, 0.3) is 0 Å². The monoisotopic (exact) mass is 787 g/mol. The minimum atomic E-state index is -0.171. The molecule has 9 rings (SSSR count). The van der Waals surface area contributed by atoms with Crippen LogP contribution in [-0.2, 0) is 16.2 Å². The van der Waals surface area contributed by atoms with Crippen molar-refractivity contribution in [2.45, 2.75) is 111 Å².